The molecule has 0 heterocycles. The van der Waals surface area contributed by atoms with E-state index >= 15 is 0 Å². The molecule has 0 aliphatic carbocycles. The van der Waals surface area contributed by atoms with Gasteiger partial charge in [0.2, 0.25) is 0 Å². The zero-order valence-electron chi connectivity index (χ0n) is 8.21. The normalized spacial score (nSPS) is 10.0. The minimum absolute atomic E-state index is 0.444. The van der Waals surface area contributed by atoms with Crippen molar-refractivity contribution in [3.8, 4) is 5.75 Å². The van der Waals surface area contributed by atoms with Gasteiger partial charge in [-0.15, -0.1) is 0 Å². The van der Waals surface area contributed by atoms with E-state index < -0.39 is 5.24 Å². The highest BCUT2D eigenvalue weighted by atomic mass is 79.9. The molecule has 0 bridgehead atoms. The van der Waals surface area contributed by atoms with Crippen molar-refractivity contribution >= 4 is 32.8 Å². The number of carbonyl (C=O) groups is 1. The van der Waals surface area contributed by atoms with E-state index in [9.17, 15) is 4.79 Å². The number of benzene rings is 1. The highest BCUT2D eigenvalue weighted by Crippen LogP contribution is 2.14. The number of halogens is 2. The number of alkyl halides is 1. The SMILES string of the molecule is O=C(Cl)c1ccc(OCCCCBr)cc1. The van der Waals surface area contributed by atoms with Crippen molar-refractivity contribution in [2.75, 3.05) is 11.9 Å². The largest absolute Gasteiger partial charge is 0.494 e. The van der Waals surface area contributed by atoms with Crippen LogP contribution in [0, 0.1) is 0 Å². The highest BCUT2D eigenvalue weighted by molar-refractivity contribution is 9.09. The zero-order chi connectivity index (χ0) is 11.1. The van der Waals surface area contributed by atoms with Gasteiger partial charge < -0.3 is 4.74 Å². The van der Waals surface area contributed by atoms with E-state index in [4.69, 9.17) is 16.3 Å². The molecule has 0 aliphatic rings. The minimum Gasteiger partial charge on any atom is -0.494 e. The molecule has 0 aromatic heterocycles. The summed E-state index contributed by atoms with van der Waals surface area (Å²) in [6.07, 6.45) is 2.11. The molecule has 2 nitrogen and oxygen atoms in total. The zero-order valence-corrected chi connectivity index (χ0v) is 10.6. The molecule has 0 atom stereocenters. The molecular formula is C11H12BrClO2. The van der Waals surface area contributed by atoms with Crippen LogP contribution in [-0.4, -0.2) is 17.2 Å². The third-order valence-electron chi connectivity index (χ3n) is 1.88. The molecule has 0 radical (unpaired) electrons. The van der Waals surface area contributed by atoms with Crippen LogP contribution in [0.3, 0.4) is 0 Å². The van der Waals surface area contributed by atoms with E-state index in [0.29, 0.717) is 12.2 Å². The lowest BCUT2D eigenvalue weighted by atomic mass is 10.2. The van der Waals surface area contributed by atoms with Crippen LogP contribution >= 0.6 is 27.5 Å². The molecule has 0 saturated carbocycles. The predicted octanol–water partition coefficient (Wildman–Crippen LogP) is 3.62. The van der Waals surface area contributed by atoms with Gasteiger partial charge in [-0.2, -0.15) is 0 Å². The number of carbonyl (C=O) groups excluding carboxylic acids is 1. The van der Waals surface area contributed by atoms with Gasteiger partial charge in [-0.3, -0.25) is 4.79 Å². The van der Waals surface area contributed by atoms with Crippen molar-refractivity contribution in [2.45, 2.75) is 12.8 Å². The van der Waals surface area contributed by atoms with Crippen molar-refractivity contribution in [1.82, 2.24) is 0 Å². The Morgan fingerprint density at radius 3 is 2.47 bits per heavy atom. The van der Waals surface area contributed by atoms with Gasteiger partial charge in [0.25, 0.3) is 5.24 Å². The van der Waals surface area contributed by atoms with Gasteiger partial charge in [0.15, 0.2) is 0 Å². The Balaban J connectivity index is 2.39. The lowest BCUT2D eigenvalue weighted by Gasteiger charge is -2.05. The standard InChI is InChI=1S/C11H12BrClO2/c12-7-1-2-8-15-10-5-3-9(4-6-10)11(13)14/h3-6H,1-2,7-8H2. The monoisotopic (exact) mass is 290 g/mol. The van der Waals surface area contributed by atoms with Crippen LogP contribution in [0.5, 0.6) is 5.75 Å². The van der Waals surface area contributed by atoms with Gasteiger partial charge in [-0.1, -0.05) is 15.9 Å². The molecule has 0 unspecified atom stereocenters. The molecule has 82 valence electrons. The minimum atomic E-state index is -0.444. The summed E-state index contributed by atoms with van der Waals surface area (Å²) < 4.78 is 5.47. The van der Waals surface area contributed by atoms with Crippen LogP contribution in [0.2, 0.25) is 0 Å². The Hall–Kier alpha value is -0.540. The Labute approximate surface area is 103 Å². The summed E-state index contributed by atoms with van der Waals surface area (Å²) in [7, 11) is 0. The maximum absolute atomic E-state index is 10.8. The highest BCUT2D eigenvalue weighted by Gasteiger charge is 2.00. The second kappa shape index (κ2) is 6.85. The first-order valence-electron chi connectivity index (χ1n) is 4.72. The van der Waals surface area contributed by atoms with Crippen LogP contribution in [-0.2, 0) is 0 Å². The van der Waals surface area contributed by atoms with Crippen molar-refractivity contribution in [3.05, 3.63) is 29.8 Å². The molecule has 0 amide bonds. The van der Waals surface area contributed by atoms with Crippen LogP contribution in [0.1, 0.15) is 23.2 Å². The fourth-order valence-electron chi connectivity index (χ4n) is 1.07. The number of rotatable bonds is 6. The summed E-state index contributed by atoms with van der Waals surface area (Å²) in [6, 6.07) is 6.83. The van der Waals surface area contributed by atoms with E-state index in [1.807, 2.05) is 0 Å². The van der Waals surface area contributed by atoms with Crippen LogP contribution < -0.4 is 4.74 Å². The second-order valence-corrected chi connectivity index (χ2v) is 4.18. The maximum Gasteiger partial charge on any atom is 0.252 e. The molecule has 1 aromatic rings. The molecule has 0 saturated heterocycles. The molecule has 0 spiro atoms. The third kappa shape index (κ3) is 4.67. The van der Waals surface area contributed by atoms with Crippen LogP contribution in [0.15, 0.2) is 24.3 Å². The van der Waals surface area contributed by atoms with E-state index in [0.717, 1.165) is 23.9 Å². The first kappa shape index (κ1) is 12.5. The summed E-state index contributed by atoms with van der Waals surface area (Å²) in [6.45, 7) is 0.694. The van der Waals surface area contributed by atoms with Gasteiger partial charge >= 0.3 is 0 Å². The molecule has 0 N–H and O–H groups in total. The Bertz CT molecular complexity index is 311. The molecule has 0 aliphatic heterocycles. The summed E-state index contributed by atoms with van der Waals surface area (Å²) in [5.41, 5.74) is 0.490. The molecular weight excluding hydrogens is 279 g/mol. The fourth-order valence-corrected chi connectivity index (χ4v) is 1.59. The molecule has 1 rings (SSSR count). The van der Waals surface area contributed by atoms with Crippen molar-refractivity contribution in [2.24, 2.45) is 0 Å². The number of unbranched alkanes of at least 4 members (excludes halogenated alkanes) is 1. The first-order chi connectivity index (χ1) is 7.24. The van der Waals surface area contributed by atoms with Gasteiger partial charge in [-0.25, -0.2) is 0 Å². The Kier molecular flexibility index (Phi) is 5.73. The van der Waals surface area contributed by atoms with E-state index in [2.05, 4.69) is 15.9 Å². The average molecular weight is 292 g/mol. The van der Waals surface area contributed by atoms with Gasteiger partial charge in [0, 0.05) is 10.9 Å². The van der Waals surface area contributed by atoms with Crippen LogP contribution in [0.25, 0.3) is 0 Å². The number of ether oxygens (including phenoxy) is 1. The smallest absolute Gasteiger partial charge is 0.252 e. The Morgan fingerprint density at radius 2 is 1.93 bits per heavy atom. The fraction of sp³-hybridized carbons (Fsp3) is 0.364. The van der Waals surface area contributed by atoms with E-state index in [-0.39, 0.29) is 0 Å². The molecule has 1 aromatic carbocycles. The predicted molar refractivity (Wildman–Crippen MR) is 65.1 cm³/mol. The quantitative estimate of drug-likeness (QED) is 0.454. The maximum atomic E-state index is 10.8. The lowest BCUT2D eigenvalue weighted by Crippen LogP contribution is -1.98. The van der Waals surface area contributed by atoms with Crippen LogP contribution in [0.4, 0.5) is 0 Å². The number of hydrogen-bond donors (Lipinski definition) is 0. The van der Waals surface area contributed by atoms with Gasteiger partial charge in [-0.05, 0) is 48.7 Å². The Morgan fingerprint density at radius 1 is 1.27 bits per heavy atom. The summed E-state index contributed by atoms with van der Waals surface area (Å²) in [5, 5.41) is 0.552. The molecule has 0 fully saturated rings. The summed E-state index contributed by atoms with van der Waals surface area (Å²) in [4.78, 5) is 10.8. The topological polar surface area (TPSA) is 26.3 Å². The molecule has 15 heavy (non-hydrogen) atoms. The summed E-state index contributed by atoms with van der Waals surface area (Å²) >= 11 is 8.67. The third-order valence-corrected chi connectivity index (χ3v) is 2.66. The van der Waals surface area contributed by atoms with Gasteiger partial charge in [0.1, 0.15) is 5.75 Å². The van der Waals surface area contributed by atoms with Gasteiger partial charge in [0.05, 0.1) is 6.61 Å². The first-order valence-corrected chi connectivity index (χ1v) is 6.22. The van der Waals surface area contributed by atoms with E-state index in [1.165, 1.54) is 0 Å². The second-order valence-electron chi connectivity index (χ2n) is 3.04. The summed E-state index contributed by atoms with van der Waals surface area (Å²) in [5.74, 6) is 0.770. The molecule has 4 heteroatoms. The van der Waals surface area contributed by atoms with Crippen molar-refractivity contribution in [1.29, 1.82) is 0 Å². The lowest BCUT2D eigenvalue weighted by molar-refractivity contribution is 0.108. The van der Waals surface area contributed by atoms with Crippen molar-refractivity contribution in [3.63, 3.8) is 0 Å². The van der Waals surface area contributed by atoms with E-state index in [1.54, 1.807) is 24.3 Å². The average Bonchev–Trinajstić information content (AvgIpc) is 2.25. The number of hydrogen-bond acceptors (Lipinski definition) is 2. The van der Waals surface area contributed by atoms with Crippen molar-refractivity contribution < 1.29 is 9.53 Å².